The van der Waals surface area contributed by atoms with Crippen LogP contribution in [0, 0.1) is 6.92 Å². The molecule has 0 aliphatic carbocycles. The number of fused-ring (bicyclic) bond motifs is 1. The maximum absolute atomic E-state index is 13.2. The predicted molar refractivity (Wildman–Crippen MR) is 107 cm³/mol. The monoisotopic (exact) mass is 375 g/mol. The Bertz CT molecular complexity index is 1060. The summed E-state index contributed by atoms with van der Waals surface area (Å²) >= 11 is 0. The Morgan fingerprint density at radius 3 is 2.75 bits per heavy atom. The van der Waals surface area contributed by atoms with Crippen molar-refractivity contribution in [2.75, 3.05) is 4.90 Å². The molecule has 1 amide bonds. The van der Waals surface area contributed by atoms with Gasteiger partial charge in [0.15, 0.2) is 0 Å². The number of hydrogen-bond acceptors (Lipinski definition) is 5. The van der Waals surface area contributed by atoms with Crippen molar-refractivity contribution in [3.63, 3.8) is 0 Å². The van der Waals surface area contributed by atoms with Crippen molar-refractivity contribution in [3.05, 3.63) is 65.6 Å². The van der Waals surface area contributed by atoms with Crippen LogP contribution in [0.5, 0.6) is 11.5 Å². The van der Waals surface area contributed by atoms with Crippen LogP contribution in [0.25, 0.3) is 11.3 Å². The summed E-state index contributed by atoms with van der Waals surface area (Å²) in [4.78, 5) is 23.3. The van der Waals surface area contributed by atoms with Gasteiger partial charge in [0.1, 0.15) is 17.8 Å². The fourth-order valence-corrected chi connectivity index (χ4v) is 3.74. The van der Waals surface area contributed by atoms with Gasteiger partial charge in [-0.15, -0.1) is 0 Å². The summed E-state index contributed by atoms with van der Waals surface area (Å²) in [6.07, 6.45) is 5.00. The number of aromatic hydroxyl groups is 2. The average molecular weight is 375 g/mol. The highest BCUT2D eigenvalue weighted by Gasteiger charge is 2.30. The number of aromatic nitrogens is 2. The van der Waals surface area contributed by atoms with E-state index >= 15 is 0 Å². The molecule has 4 rings (SSSR count). The molecule has 1 aliphatic rings. The fourth-order valence-electron chi connectivity index (χ4n) is 3.74. The number of anilines is 1. The first kappa shape index (κ1) is 18.0. The topological polar surface area (TPSA) is 86.6 Å². The minimum absolute atomic E-state index is 0.000149. The summed E-state index contributed by atoms with van der Waals surface area (Å²) in [6.45, 7) is 3.97. The van der Waals surface area contributed by atoms with E-state index in [-0.39, 0.29) is 29.0 Å². The quantitative estimate of drug-likeness (QED) is 0.711. The Morgan fingerprint density at radius 1 is 1.18 bits per heavy atom. The van der Waals surface area contributed by atoms with Crippen LogP contribution in [0.1, 0.15) is 34.8 Å². The molecule has 0 bridgehead atoms. The maximum Gasteiger partial charge on any atom is 0.262 e. The van der Waals surface area contributed by atoms with Gasteiger partial charge in [0, 0.05) is 29.6 Å². The lowest BCUT2D eigenvalue weighted by Gasteiger charge is -2.35. The van der Waals surface area contributed by atoms with Crippen LogP contribution >= 0.6 is 0 Å². The first-order valence-corrected chi connectivity index (χ1v) is 9.21. The summed E-state index contributed by atoms with van der Waals surface area (Å²) in [6, 6.07) is 10.0. The number of carbonyl (C=O) groups is 1. The van der Waals surface area contributed by atoms with Crippen molar-refractivity contribution in [3.8, 4) is 22.8 Å². The summed E-state index contributed by atoms with van der Waals surface area (Å²) in [7, 11) is 0. The number of phenolic OH excluding ortho intramolecular Hbond substituents is 2. The lowest BCUT2D eigenvalue weighted by atomic mass is 9.93. The van der Waals surface area contributed by atoms with Crippen molar-refractivity contribution < 1.29 is 15.0 Å². The van der Waals surface area contributed by atoms with E-state index in [1.165, 1.54) is 24.5 Å². The lowest BCUT2D eigenvalue weighted by molar-refractivity contribution is 0.0972. The highest BCUT2D eigenvalue weighted by Crippen LogP contribution is 2.36. The van der Waals surface area contributed by atoms with Gasteiger partial charge in [-0.2, -0.15) is 0 Å². The van der Waals surface area contributed by atoms with Gasteiger partial charge in [-0.25, -0.2) is 9.97 Å². The minimum atomic E-state index is -0.281. The molecular weight excluding hydrogens is 354 g/mol. The van der Waals surface area contributed by atoms with Gasteiger partial charge in [0.25, 0.3) is 5.91 Å². The van der Waals surface area contributed by atoms with E-state index in [0.29, 0.717) is 0 Å². The smallest absolute Gasteiger partial charge is 0.262 e. The van der Waals surface area contributed by atoms with Crippen LogP contribution in [0.4, 0.5) is 5.69 Å². The van der Waals surface area contributed by atoms with Gasteiger partial charge in [-0.3, -0.25) is 4.79 Å². The molecule has 142 valence electrons. The molecule has 28 heavy (non-hydrogen) atoms. The van der Waals surface area contributed by atoms with Crippen LogP contribution in [0.15, 0.2) is 48.9 Å². The van der Waals surface area contributed by atoms with Gasteiger partial charge in [-0.1, -0.05) is 6.07 Å². The van der Waals surface area contributed by atoms with Gasteiger partial charge < -0.3 is 15.1 Å². The van der Waals surface area contributed by atoms with Gasteiger partial charge in [-0.05, 0) is 62.1 Å². The summed E-state index contributed by atoms with van der Waals surface area (Å²) < 4.78 is 0. The van der Waals surface area contributed by atoms with E-state index in [9.17, 15) is 15.0 Å². The molecule has 0 radical (unpaired) electrons. The van der Waals surface area contributed by atoms with Gasteiger partial charge in [0.2, 0.25) is 0 Å². The molecule has 3 aromatic rings. The lowest BCUT2D eigenvalue weighted by Crippen LogP contribution is -2.42. The van der Waals surface area contributed by atoms with E-state index in [0.717, 1.165) is 40.9 Å². The normalized spacial score (nSPS) is 15.9. The van der Waals surface area contributed by atoms with Crippen molar-refractivity contribution in [2.24, 2.45) is 0 Å². The number of rotatable bonds is 2. The molecule has 2 heterocycles. The molecule has 1 aromatic heterocycles. The third-order valence-electron chi connectivity index (χ3n) is 5.21. The van der Waals surface area contributed by atoms with E-state index in [2.05, 4.69) is 16.0 Å². The maximum atomic E-state index is 13.2. The number of amides is 1. The second kappa shape index (κ2) is 6.96. The Balaban J connectivity index is 1.76. The molecule has 2 N–H and O–H groups in total. The number of nitrogens with zero attached hydrogens (tertiary/aromatic N) is 3. The molecule has 0 unspecified atom stereocenters. The Hall–Kier alpha value is -3.41. The first-order valence-electron chi connectivity index (χ1n) is 9.21. The van der Waals surface area contributed by atoms with Gasteiger partial charge in [0.05, 0.1) is 11.3 Å². The van der Waals surface area contributed by atoms with Crippen molar-refractivity contribution in [1.29, 1.82) is 0 Å². The second-order valence-corrected chi connectivity index (χ2v) is 7.16. The third-order valence-corrected chi connectivity index (χ3v) is 5.21. The van der Waals surface area contributed by atoms with Crippen molar-refractivity contribution in [2.45, 2.75) is 32.7 Å². The zero-order valence-corrected chi connectivity index (χ0v) is 15.8. The molecule has 2 aromatic carbocycles. The molecule has 6 heteroatoms. The predicted octanol–water partition coefficient (Wildman–Crippen LogP) is 3.84. The van der Waals surface area contributed by atoms with Crippen molar-refractivity contribution >= 4 is 11.6 Å². The molecule has 1 atom stereocenters. The molecule has 1 aliphatic heterocycles. The number of hydrogen-bond donors (Lipinski definition) is 2. The molecule has 0 saturated carbocycles. The Labute approximate surface area is 163 Å². The standard InChI is InChI=1S/C22H21N3O3/c1-13-11-23-12-24-21(13)16-5-8-19-15(9-16)4-3-14(2)25(19)22(28)18-7-6-17(26)10-20(18)27/h5-12,14,26-27H,3-4H2,1-2H3/t14-/m0/s1. The van der Waals surface area contributed by atoms with Gasteiger partial charge >= 0.3 is 0 Å². The Kier molecular flexibility index (Phi) is 4.47. The SMILES string of the molecule is Cc1cncnc1-c1ccc2c(c1)CC[C@H](C)N2C(=O)c1ccc(O)cc1O. The van der Waals surface area contributed by atoms with Crippen molar-refractivity contribution in [1.82, 2.24) is 9.97 Å². The zero-order valence-electron chi connectivity index (χ0n) is 15.8. The molecule has 6 nitrogen and oxygen atoms in total. The largest absolute Gasteiger partial charge is 0.508 e. The number of benzene rings is 2. The van der Waals surface area contributed by atoms with Crippen LogP contribution in [-0.4, -0.2) is 32.1 Å². The molecular formula is C22H21N3O3. The molecule has 0 spiro atoms. The Morgan fingerprint density at radius 2 is 2.00 bits per heavy atom. The number of aryl methyl sites for hydroxylation is 2. The second-order valence-electron chi connectivity index (χ2n) is 7.16. The van der Waals surface area contributed by atoms with Crippen LogP contribution in [0.3, 0.4) is 0 Å². The van der Waals surface area contributed by atoms with E-state index in [1.807, 2.05) is 26.0 Å². The van der Waals surface area contributed by atoms with Crippen LogP contribution in [-0.2, 0) is 6.42 Å². The first-order chi connectivity index (χ1) is 13.5. The van der Waals surface area contributed by atoms with Crippen LogP contribution < -0.4 is 4.90 Å². The third kappa shape index (κ3) is 3.07. The number of carbonyl (C=O) groups excluding carboxylic acids is 1. The number of phenols is 2. The minimum Gasteiger partial charge on any atom is -0.508 e. The summed E-state index contributed by atoms with van der Waals surface area (Å²) in [5.41, 5.74) is 4.95. The zero-order chi connectivity index (χ0) is 19.8. The van der Waals surface area contributed by atoms with Crippen LogP contribution in [0.2, 0.25) is 0 Å². The summed E-state index contributed by atoms with van der Waals surface area (Å²) in [5.74, 6) is -0.583. The average Bonchev–Trinajstić information content (AvgIpc) is 2.67. The highest BCUT2D eigenvalue weighted by molar-refractivity contribution is 6.09. The molecule has 0 fully saturated rings. The summed E-state index contributed by atoms with van der Waals surface area (Å²) in [5, 5.41) is 19.6. The fraction of sp³-hybridized carbons (Fsp3) is 0.227. The highest BCUT2D eigenvalue weighted by atomic mass is 16.3. The van der Waals surface area contributed by atoms with E-state index < -0.39 is 0 Å². The van der Waals surface area contributed by atoms with E-state index in [4.69, 9.17) is 0 Å². The van der Waals surface area contributed by atoms with E-state index in [1.54, 1.807) is 11.1 Å². The molecule has 0 saturated heterocycles.